The van der Waals surface area contributed by atoms with Gasteiger partial charge in [-0.05, 0) is 0 Å². The van der Waals surface area contributed by atoms with Crippen LogP contribution in [0.2, 0.25) is 0 Å². The van der Waals surface area contributed by atoms with Gasteiger partial charge in [0.1, 0.15) is 12.2 Å². The second kappa shape index (κ2) is 4.70. The molecule has 4 atom stereocenters. The topological polar surface area (TPSA) is 123 Å². The van der Waals surface area contributed by atoms with Crippen LogP contribution in [0.1, 0.15) is 0 Å². The maximum atomic E-state index is 10.4. The van der Waals surface area contributed by atoms with Gasteiger partial charge in [0.2, 0.25) is 0 Å². The number of hydrogen-bond acceptors (Lipinski definition) is 7. The number of aliphatic hydroxyl groups is 2. The van der Waals surface area contributed by atoms with Crippen LogP contribution in [0.5, 0.6) is 0 Å². The van der Waals surface area contributed by atoms with Crippen LogP contribution >= 0.6 is 0 Å². The third-order valence-electron chi connectivity index (χ3n) is 1.93. The highest BCUT2D eigenvalue weighted by molar-refractivity contribution is 7.80. The summed E-state index contributed by atoms with van der Waals surface area (Å²) >= 11 is 0. The highest BCUT2D eigenvalue weighted by Crippen LogP contribution is 2.20. The normalized spacial score (nSPS) is 37.9. The second-order valence-corrected chi connectivity index (χ2v) is 4.03. The second-order valence-electron chi connectivity index (χ2n) is 2.98. The smallest absolute Gasteiger partial charge is 0.388 e. The van der Waals surface area contributed by atoms with E-state index >= 15 is 0 Å². The van der Waals surface area contributed by atoms with Gasteiger partial charge in [0.05, 0.1) is 6.61 Å². The lowest BCUT2D eigenvalue weighted by Crippen LogP contribution is -2.55. The number of ether oxygens (including phenoxy) is 2. The van der Waals surface area contributed by atoms with Gasteiger partial charge in [0, 0.05) is 7.11 Å². The Morgan fingerprint density at radius 1 is 1.33 bits per heavy atom. The van der Waals surface area contributed by atoms with E-state index in [1.165, 1.54) is 7.11 Å². The zero-order valence-electron chi connectivity index (χ0n) is 7.81. The molecule has 8 nitrogen and oxygen atoms in total. The minimum Gasteiger partial charge on any atom is -0.388 e. The minimum absolute atomic E-state index is 0.217. The van der Waals surface area contributed by atoms with Crippen LogP contribution in [0.15, 0.2) is 0 Å². The van der Waals surface area contributed by atoms with Crippen molar-refractivity contribution in [2.75, 3.05) is 13.7 Å². The van der Waals surface area contributed by atoms with Crippen LogP contribution < -0.4 is 0 Å². The molecule has 0 spiro atoms. The van der Waals surface area contributed by atoms with Crippen LogP contribution in [-0.4, -0.2) is 61.5 Å². The average molecular weight is 244 g/mol. The van der Waals surface area contributed by atoms with Gasteiger partial charge in [-0.1, -0.05) is 0 Å². The van der Waals surface area contributed by atoms with Crippen molar-refractivity contribution in [3.05, 3.63) is 0 Å². The summed E-state index contributed by atoms with van der Waals surface area (Å²) in [5, 5.41) is 18.6. The van der Waals surface area contributed by atoms with Crippen molar-refractivity contribution in [2.45, 2.75) is 24.6 Å². The van der Waals surface area contributed by atoms with E-state index in [4.69, 9.17) is 9.29 Å². The Balaban J connectivity index is 2.79. The Bertz CT molecular complexity index is 300. The van der Waals surface area contributed by atoms with Crippen molar-refractivity contribution < 1.29 is 36.8 Å². The van der Waals surface area contributed by atoms with E-state index in [0.717, 1.165) is 0 Å². The first-order valence-electron chi connectivity index (χ1n) is 4.01. The first kappa shape index (κ1) is 12.8. The van der Waals surface area contributed by atoms with E-state index in [-0.39, 0.29) is 6.61 Å². The predicted molar refractivity (Wildman–Crippen MR) is 45.2 cm³/mol. The van der Waals surface area contributed by atoms with Gasteiger partial charge in [0.15, 0.2) is 12.4 Å². The largest absolute Gasteiger partial charge is 0.397 e. The zero-order chi connectivity index (χ0) is 11.6. The summed E-state index contributed by atoms with van der Waals surface area (Å²) in [7, 11) is -3.55. The molecule has 0 saturated carbocycles. The molecule has 90 valence electrons. The Kier molecular flexibility index (Phi) is 4.00. The molecule has 9 heteroatoms. The lowest BCUT2D eigenvalue weighted by Gasteiger charge is -2.35. The lowest BCUT2D eigenvalue weighted by atomic mass is 10.1. The first-order chi connectivity index (χ1) is 6.85. The Hall–Kier alpha value is -0.290. The maximum Gasteiger partial charge on any atom is 0.397 e. The van der Waals surface area contributed by atoms with Crippen LogP contribution in [0.3, 0.4) is 0 Å². The molecule has 1 aliphatic rings. The molecule has 0 aromatic carbocycles. The van der Waals surface area contributed by atoms with Crippen molar-refractivity contribution in [1.29, 1.82) is 0 Å². The summed E-state index contributed by atoms with van der Waals surface area (Å²) in [6.07, 6.45) is -5.35. The van der Waals surface area contributed by atoms with Gasteiger partial charge in [-0.2, -0.15) is 8.42 Å². The van der Waals surface area contributed by atoms with Crippen molar-refractivity contribution >= 4 is 10.4 Å². The van der Waals surface area contributed by atoms with Gasteiger partial charge < -0.3 is 19.7 Å². The predicted octanol–water partition coefficient (Wildman–Crippen LogP) is -2.10. The van der Waals surface area contributed by atoms with Gasteiger partial charge in [-0.25, -0.2) is 4.18 Å². The standard InChI is InChI=1S/C6H12O8S/c1-12-4-3(7)2-13-6(8)5(4)14-15(9,10)11/h3-8H,2H2,1H3,(H,9,10,11)/t3-,4+,5-,6-/m1/s1. The molecule has 1 aliphatic heterocycles. The summed E-state index contributed by atoms with van der Waals surface area (Å²) in [5.74, 6) is 0. The van der Waals surface area contributed by atoms with Gasteiger partial charge >= 0.3 is 10.4 Å². The molecule has 1 fully saturated rings. The van der Waals surface area contributed by atoms with Crippen LogP contribution in [0.25, 0.3) is 0 Å². The monoisotopic (exact) mass is 244 g/mol. The van der Waals surface area contributed by atoms with E-state index < -0.39 is 35.0 Å². The molecule has 1 saturated heterocycles. The van der Waals surface area contributed by atoms with Crippen LogP contribution in [0, 0.1) is 0 Å². The summed E-state index contributed by atoms with van der Waals surface area (Å²) < 4.78 is 42.8. The molecule has 0 radical (unpaired) electrons. The molecule has 0 amide bonds. The number of hydrogen-bond donors (Lipinski definition) is 3. The third-order valence-corrected chi connectivity index (χ3v) is 2.39. The van der Waals surface area contributed by atoms with Crippen LogP contribution in [0.4, 0.5) is 0 Å². The molecular formula is C6H12O8S. The molecule has 0 unspecified atom stereocenters. The Morgan fingerprint density at radius 3 is 2.40 bits per heavy atom. The Morgan fingerprint density at radius 2 is 1.93 bits per heavy atom. The summed E-state index contributed by atoms with van der Waals surface area (Å²) in [4.78, 5) is 0. The fourth-order valence-corrected chi connectivity index (χ4v) is 1.79. The molecular weight excluding hydrogens is 232 g/mol. The number of rotatable bonds is 3. The highest BCUT2D eigenvalue weighted by Gasteiger charge is 2.42. The number of aliphatic hydroxyl groups excluding tert-OH is 2. The van der Waals surface area contributed by atoms with Crippen molar-refractivity contribution in [3.8, 4) is 0 Å². The Labute approximate surface area is 86.3 Å². The van der Waals surface area contributed by atoms with E-state index in [2.05, 4.69) is 8.92 Å². The van der Waals surface area contributed by atoms with Crippen molar-refractivity contribution in [2.24, 2.45) is 0 Å². The van der Waals surface area contributed by atoms with Crippen molar-refractivity contribution in [3.63, 3.8) is 0 Å². The van der Waals surface area contributed by atoms with Crippen LogP contribution in [-0.2, 0) is 24.1 Å². The first-order valence-corrected chi connectivity index (χ1v) is 5.38. The molecule has 0 aliphatic carbocycles. The summed E-state index contributed by atoms with van der Waals surface area (Å²) in [6.45, 7) is -0.217. The highest BCUT2D eigenvalue weighted by atomic mass is 32.3. The average Bonchev–Trinajstić information content (AvgIpc) is 2.10. The van der Waals surface area contributed by atoms with Gasteiger partial charge in [-0.15, -0.1) is 0 Å². The van der Waals surface area contributed by atoms with Gasteiger partial charge in [-0.3, -0.25) is 4.55 Å². The fraction of sp³-hybridized carbons (Fsp3) is 1.00. The number of methoxy groups -OCH3 is 1. The van der Waals surface area contributed by atoms with E-state index in [9.17, 15) is 18.6 Å². The fourth-order valence-electron chi connectivity index (χ4n) is 1.30. The lowest BCUT2D eigenvalue weighted by molar-refractivity contribution is -0.250. The van der Waals surface area contributed by atoms with Crippen molar-refractivity contribution in [1.82, 2.24) is 0 Å². The van der Waals surface area contributed by atoms with E-state index in [0.29, 0.717) is 0 Å². The minimum atomic E-state index is -4.75. The van der Waals surface area contributed by atoms with Gasteiger partial charge in [0.25, 0.3) is 0 Å². The quantitative estimate of drug-likeness (QED) is 0.482. The SMILES string of the molecule is CO[C@@H]1[C@@H](OS(=O)(=O)O)[C@H](O)OC[C@H]1O. The molecule has 1 rings (SSSR count). The molecule has 0 aromatic rings. The molecule has 1 heterocycles. The zero-order valence-corrected chi connectivity index (χ0v) is 8.62. The molecule has 0 bridgehead atoms. The molecule has 0 aromatic heterocycles. The molecule has 15 heavy (non-hydrogen) atoms. The summed E-state index contributed by atoms with van der Waals surface area (Å²) in [6, 6.07) is 0. The molecule has 3 N–H and O–H groups in total. The van der Waals surface area contributed by atoms with E-state index in [1.807, 2.05) is 0 Å². The third kappa shape index (κ3) is 3.34. The maximum absolute atomic E-state index is 10.4. The summed E-state index contributed by atoms with van der Waals surface area (Å²) in [5.41, 5.74) is 0. The van der Waals surface area contributed by atoms with E-state index in [1.54, 1.807) is 0 Å².